The quantitative estimate of drug-likeness (QED) is 0.591. The molecule has 1 fully saturated rings. The van der Waals surface area contributed by atoms with Crippen molar-refractivity contribution in [3.63, 3.8) is 0 Å². The van der Waals surface area contributed by atoms with Gasteiger partial charge in [-0.3, -0.25) is 4.40 Å². The van der Waals surface area contributed by atoms with Crippen LogP contribution in [0.4, 0.5) is 5.82 Å². The van der Waals surface area contributed by atoms with E-state index in [0.717, 1.165) is 47.8 Å². The van der Waals surface area contributed by atoms with E-state index >= 15 is 0 Å². The van der Waals surface area contributed by atoms with Gasteiger partial charge in [0.15, 0.2) is 17.2 Å². The number of hydrogen-bond acceptors (Lipinski definition) is 6. The van der Waals surface area contributed by atoms with Crippen molar-refractivity contribution in [1.82, 2.24) is 29.5 Å². The summed E-state index contributed by atoms with van der Waals surface area (Å²) >= 11 is 0. The van der Waals surface area contributed by atoms with Gasteiger partial charge < -0.3 is 9.88 Å². The van der Waals surface area contributed by atoms with Crippen LogP contribution in [0, 0.1) is 17.2 Å². The largest absolute Gasteiger partial charge is 0.354 e. The summed E-state index contributed by atoms with van der Waals surface area (Å²) in [5.74, 6) is 2.62. The molecular formula is C19H18N8. The van der Waals surface area contributed by atoms with E-state index in [1.54, 1.807) is 6.07 Å². The monoisotopic (exact) mass is 358 g/mol. The maximum Gasteiger partial charge on any atom is 0.163 e. The highest BCUT2D eigenvalue weighted by atomic mass is 15.3. The van der Waals surface area contributed by atoms with Crippen LogP contribution in [0.1, 0.15) is 30.8 Å². The van der Waals surface area contributed by atoms with Crippen molar-refractivity contribution in [3.05, 3.63) is 48.3 Å². The summed E-state index contributed by atoms with van der Waals surface area (Å²) in [5, 5.41) is 17.1. The zero-order chi connectivity index (χ0) is 18.4. The molecule has 8 heteroatoms. The van der Waals surface area contributed by atoms with Crippen LogP contribution in [0.15, 0.2) is 36.8 Å². The minimum atomic E-state index is 0.263. The van der Waals surface area contributed by atoms with Crippen molar-refractivity contribution < 1.29 is 0 Å². The van der Waals surface area contributed by atoms with Gasteiger partial charge in [-0.1, -0.05) is 6.92 Å². The number of imidazole rings is 1. The first-order valence-corrected chi connectivity index (χ1v) is 9.03. The normalized spacial score (nSPS) is 20.2. The lowest BCUT2D eigenvalue weighted by Gasteiger charge is -2.37. The molecule has 0 saturated carbocycles. The van der Waals surface area contributed by atoms with E-state index in [9.17, 15) is 0 Å². The highest BCUT2D eigenvalue weighted by Gasteiger charge is 2.31. The lowest BCUT2D eigenvalue weighted by molar-refractivity contribution is 0.365. The molecule has 5 heterocycles. The number of piperidine rings is 1. The molecule has 134 valence electrons. The van der Waals surface area contributed by atoms with Crippen LogP contribution in [-0.4, -0.2) is 42.6 Å². The number of rotatable bonds is 2. The molecule has 1 aliphatic rings. The molecule has 4 aromatic rings. The second-order valence-electron chi connectivity index (χ2n) is 7.05. The molecule has 0 bridgehead atoms. The Morgan fingerprint density at radius 3 is 2.89 bits per heavy atom. The molecule has 1 N–H and O–H groups in total. The molecule has 0 amide bonds. The fourth-order valence-corrected chi connectivity index (χ4v) is 3.93. The van der Waals surface area contributed by atoms with Crippen molar-refractivity contribution in [2.75, 3.05) is 18.0 Å². The Labute approximate surface area is 155 Å². The molecule has 0 unspecified atom stereocenters. The molecule has 4 aromatic heterocycles. The van der Waals surface area contributed by atoms with Crippen LogP contribution in [0.5, 0.6) is 0 Å². The number of fused-ring (bicyclic) bond motifs is 3. The molecule has 27 heavy (non-hydrogen) atoms. The Kier molecular flexibility index (Phi) is 3.53. The third-order valence-electron chi connectivity index (χ3n) is 5.47. The van der Waals surface area contributed by atoms with E-state index in [1.807, 2.05) is 36.8 Å². The summed E-state index contributed by atoms with van der Waals surface area (Å²) in [4.78, 5) is 14.6. The molecule has 1 saturated heterocycles. The Morgan fingerprint density at radius 2 is 2.07 bits per heavy atom. The summed E-state index contributed by atoms with van der Waals surface area (Å²) in [6, 6.07) is 7.64. The predicted molar refractivity (Wildman–Crippen MR) is 100 cm³/mol. The van der Waals surface area contributed by atoms with Crippen molar-refractivity contribution >= 4 is 22.5 Å². The first kappa shape index (κ1) is 15.8. The summed E-state index contributed by atoms with van der Waals surface area (Å²) in [7, 11) is 0. The lowest BCUT2D eigenvalue weighted by Crippen LogP contribution is -2.39. The molecular weight excluding hydrogens is 340 g/mol. The first-order chi connectivity index (χ1) is 13.2. The van der Waals surface area contributed by atoms with Gasteiger partial charge in [0.2, 0.25) is 0 Å². The fourth-order valence-electron chi connectivity index (χ4n) is 3.93. The van der Waals surface area contributed by atoms with E-state index in [1.165, 1.54) is 0 Å². The van der Waals surface area contributed by atoms with E-state index in [4.69, 9.17) is 10.2 Å². The van der Waals surface area contributed by atoms with Crippen LogP contribution in [-0.2, 0) is 0 Å². The van der Waals surface area contributed by atoms with Crippen molar-refractivity contribution in [1.29, 1.82) is 5.26 Å². The standard InChI is InChI=1S/C19H18N8/c1-12-5-7-26(17-3-2-13(8-20)24-25-17)11-15(12)19-23-10-14-9-22-18-16(27(14)19)4-6-21-18/h2-4,6,9-10,12,15,21H,5,7,11H2,1H3/t12-,15+/m1/s1. The Bertz CT molecular complexity index is 1150. The number of H-pyrrole nitrogens is 1. The molecule has 0 radical (unpaired) electrons. The van der Waals surface area contributed by atoms with Gasteiger partial charge in [-0.25, -0.2) is 9.97 Å². The zero-order valence-electron chi connectivity index (χ0n) is 14.9. The van der Waals surface area contributed by atoms with Crippen molar-refractivity contribution in [2.24, 2.45) is 5.92 Å². The number of nitriles is 1. The topological polar surface area (TPSA) is 98.8 Å². The molecule has 1 aliphatic heterocycles. The van der Waals surface area contributed by atoms with Gasteiger partial charge in [-0.05, 0) is 30.5 Å². The van der Waals surface area contributed by atoms with Gasteiger partial charge in [0.1, 0.15) is 11.9 Å². The molecule has 0 spiro atoms. The van der Waals surface area contributed by atoms with Gasteiger partial charge in [0.25, 0.3) is 0 Å². The zero-order valence-corrected chi connectivity index (χ0v) is 14.9. The molecule has 8 nitrogen and oxygen atoms in total. The number of aromatic amines is 1. The number of nitrogens with one attached hydrogen (secondary N) is 1. The maximum atomic E-state index is 8.93. The van der Waals surface area contributed by atoms with Crippen molar-refractivity contribution in [2.45, 2.75) is 19.3 Å². The van der Waals surface area contributed by atoms with Gasteiger partial charge in [-0.15, -0.1) is 10.2 Å². The molecule has 0 aliphatic carbocycles. The van der Waals surface area contributed by atoms with Crippen LogP contribution < -0.4 is 4.90 Å². The smallest absolute Gasteiger partial charge is 0.163 e. The van der Waals surface area contributed by atoms with Crippen LogP contribution in [0.25, 0.3) is 16.7 Å². The average molecular weight is 358 g/mol. The van der Waals surface area contributed by atoms with E-state index in [0.29, 0.717) is 11.6 Å². The second kappa shape index (κ2) is 6.06. The van der Waals surface area contributed by atoms with Gasteiger partial charge >= 0.3 is 0 Å². The maximum absolute atomic E-state index is 8.93. The van der Waals surface area contributed by atoms with Gasteiger partial charge in [-0.2, -0.15) is 5.26 Å². The summed E-state index contributed by atoms with van der Waals surface area (Å²) < 4.78 is 2.20. The van der Waals surface area contributed by atoms with Gasteiger partial charge in [0, 0.05) is 25.2 Å². The van der Waals surface area contributed by atoms with E-state index in [2.05, 4.69) is 36.4 Å². The van der Waals surface area contributed by atoms with Crippen LogP contribution in [0.2, 0.25) is 0 Å². The lowest BCUT2D eigenvalue weighted by atomic mass is 9.86. The minimum Gasteiger partial charge on any atom is -0.354 e. The fraction of sp³-hybridized carbons (Fsp3) is 0.316. The van der Waals surface area contributed by atoms with E-state index < -0.39 is 0 Å². The van der Waals surface area contributed by atoms with E-state index in [-0.39, 0.29) is 5.92 Å². The number of aromatic nitrogens is 6. The third-order valence-corrected chi connectivity index (χ3v) is 5.47. The molecule has 5 rings (SSSR count). The highest BCUT2D eigenvalue weighted by Crippen LogP contribution is 2.34. The van der Waals surface area contributed by atoms with Gasteiger partial charge in [0.05, 0.1) is 23.4 Å². The number of nitrogens with zero attached hydrogens (tertiary/aromatic N) is 7. The SMILES string of the molecule is C[C@@H]1CCN(c2ccc(C#N)nn2)C[C@@H]1c1ncc2cnc3[nH]ccc3n12. The Hall–Kier alpha value is -3.47. The minimum absolute atomic E-state index is 0.263. The molecule has 2 atom stereocenters. The highest BCUT2D eigenvalue weighted by molar-refractivity contribution is 5.75. The Balaban J connectivity index is 1.54. The van der Waals surface area contributed by atoms with Crippen LogP contribution >= 0.6 is 0 Å². The summed E-state index contributed by atoms with van der Waals surface area (Å²) in [6.45, 7) is 4.01. The third kappa shape index (κ3) is 2.51. The second-order valence-corrected chi connectivity index (χ2v) is 7.05. The first-order valence-electron chi connectivity index (χ1n) is 9.03. The number of hydrogen-bond donors (Lipinski definition) is 1. The predicted octanol–water partition coefficient (Wildman–Crippen LogP) is 2.50. The summed E-state index contributed by atoms with van der Waals surface area (Å²) in [6.07, 6.45) is 6.70. The van der Waals surface area contributed by atoms with Crippen LogP contribution in [0.3, 0.4) is 0 Å². The number of anilines is 1. The molecule has 0 aromatic carbocycles. The van der Waals surface area contributed by atoms with Crippen molar-refractivity contribution in [3.8, 4) is 6.07 Å². The Morgan fingerprint density at radius 1 is 1.19 bits per heavy atom. The summed E-state index contributed by atoms with van der Waals surface area (Å²) in [5.41, 5.74) is 3.24. The average Bonchev–Trinajstić information content (AvgIpc) is 3.35.